The minimum atomic E-state index is -0.220. The topological polar surface area (TPSA) is 84.7 Å². The van der Waals surface area contributed by atoms with Crippen LogP contribution in [0.1, 0.15) is 33.6 Å². The van der Waals surface area contributed by atoms with Gasteiger partial charge in [-0.2, -0.15) is 0 Å². The highest BCUT2D eigenvalue weighted by Gasteiger charge is 2.25. The number of rotatable bonds is 8. The third kappa shape index (κ3) is 8.12. The molecular weight excluding hydrogens is 258 g/mol. The average Bonchev–Trinajstić information content (AvgIpc) is 2.33. The standard InChI is InChI=1S/C14H29N3O3/c1-14(2,3)11(15)9-13(19)17(4)10-12(18)16-7-6-8-20-5/h11H,6-10,15H2,1-5H3,(H,16,18). The summed E-state index contributed by atoms with van der Waals surface area (Å²) in [6.07, 6.45) is 1.01. The molecule has 0 heterocycles. The van der Waals surface area contributed by atoms with E-state index in [1.54, 1.807) is 14.2 Å². The number of likely N-dealkylation sites (N-methyl/N-ethyl adjacent to an activating group) is 1. The predicted octanol–water partition coefficient (Wildman–Crippen LogP) is 0.361. The molecule has 6 nitrogen and oxygen atoms in total. The zero-order valence-electron chi connectivity index (χ0n) is 13.4. The molecule has 0 aliphatic heterocycles. The van der Waals surface area contributed by atoms with Crippen LogP contribution >= 0.6 is 0 Å². The fraction of sp³-hybridized carbons (Fsp3) is 0.857. The summed E-state index contributed by atoms with van der Waals surface area (Å²) in [5.41, 5.74) is 5.85. The number of nitrogens with two attached hydrogens (primary N) is 1. The van der Waals surface area contributed by atoms with Gasteiger partial charge >= 0.3 is 0 Å². The first-order chi connectivity index (χ1) is 9.18. The molecule has 0 spiro atoms. The van der Waals surface area contributed by atoms with Crippen molar-refractivity contribution in [2.75, 3.05) is 33.9 Å². The van der Waals surface area contributed by atoms with Crippen molar-refractivity contribution in [2.24, 2.45) is 11.1 Å². The molecule has 0 bridgehead atoms. The Labute approximate surface area is 122 Å². The summed E-state index contributed by atoms with van der Waals surface area (Å²) in [5, 5.41) is 2.74. The summed E-state index contributed by atoms with van der Waals surface area (Å²) in [6, 6.07) is -0.220. The molecule has 6 heteroatoms. The first-order valence-electron chi connectivity index (χ1n) is 6.93. The van der Waals surface area contributed by atoms with Gasteiger partial charge in [0.1, 0.15) is 0 Å². The van der Waals surface area contributed by atoms with Crippen LogP contribution in [0.3, 0.4) is 0 Å². The van der Waals surface area contributed by atoms with Crippen LogP contribution in [0.4, 0.5) is 0 Å². The first-order valence-corrected chi connectivity index (χ1v) is 6.93. The summed E-state index contributed by atoms with van der Waals surface area (Å²) in [6.45, 7) is 7.20. The molecule has 0 saturated carbocycles. The van der Waals surface area contributed by atoms with Crippen LogP contribution in [0.25, 0.3) is 0 Å². The van der Waals surface area contributed by atoms with Crippen molar-refractivity contribution in [1.29, 1.82) is 0 Å². The average molecular weight is 287 g/mol. The second-order valence-corrected chi connectivity index (χ2v) is 6.12. The van der Waals surface area contributed by atoms with Crippen LogP contribution in [0.5, 0.6) is 0 Å². The molecule has 3 N–H and O–H groups in total. The highest BCUT2D eigenvalue weighted by molar-refractivity contribution is 5.84. The second-order valence-electron chi connectivity index (χ2n) is 6.12. The molecule has 0 aliphatic rings. The number of methoxy groups -OCH3 is 1. The van der Waals surface area contributed by atoms with Crippen molar-refractivity contribution in [3.8, 4) is 0 Å². The number of nitrogens with zero attached hydrogens (tertiary/aromatic N) is 1. The van der Waals surface area contributed by atoms with E-state index in [2.05, 4.69) is 5.32 Å². The Morgan fingerprint density at radius 2 is 1.95 bits per heavy atom. The third-order valence-corrected chi connectivity index (χ3v) is 3.16. The predicted molar refractivity (Wildman–Crippen MR) is 79.2 cm³/mol. The highest BCUT2D eigenvalue weighted by Crippen LogP contribution is 2.20. The van der Waals surface area contributed by atoms with E-state index in [0.717, 1.165) is 6.42 Å². The number of hydrogen-bond donors (Lipinski definition) is 2. The van der Waals surface area contributed by atoms with Gasteiger partial charge in [0.15, 0.2) is 0 Å². The molecular formula is C14H29N3O3. The van der Waals surface area contributed by atoms with Crippen LogP contribution in [0.15, 0.2) is 0 Å². The largest absolute Gasteiger partial charge is 0.385 e. The van der Waals surface area contributed by atoms with E-state index in [1.807, 2.05) is 20.8 Å². The van der Waals surface area contributed by atoms with Gasteiger partial charge in [0.05, 0.1) is 6.54 Å². The lowest BCUT2D eigenvalue weighted by molar-refractivity contribution is -0.135. The maximum Gasteiger partial charge on any atom is 0.239 e. The van der Waals surface area contributed by atoms with Gasteiger partial charge in [0, 0.05) is 39.8 Å². The quantitative estimate of drug-likeness (QED) is 0.631. The smallest absolute Gasteiger partial charge is 0.239 e. The van der Waals surface area contributed by atoms with Crippen LogP contribution in [-0.4, -0.2) is 56.6 Å². The van der Waals surface area contributed by atoms with E-state index in [0.29, 0.717) is 13.2 Å². The van der Waals surface area contributed by atoms with Gasteiger partial charge in [0.2, 0.25) is 11.8 Å². The number of ether oxygens (including phenoxy) is 1. The Balaban J connectivity index is 4.04. The van der Waals surface area contributed by atoms with Crippen molar-refractivity contribution in [3.63, 3.8) is 0 Å². The minimum Gasteiger partial charge on any atom is -0.385 e. The lowest BCUT2D eigenvalue weighted by Crippen LogP contribution is -2.43. The first kappa shape index (κ1) is 18.9. The Bertz CT molecular complexity index is 313. The van der Waals surface area contributed by atoms with E-state index >= 15 is 0 Å². The normalized spacial score (nSPS) is 12.9. The van der Waals surface area contributed by atoms with E-state index in [1.165, 1.54) is 4.90 Å². The zero-order chi connectivity index (χ0) is 15.8. The van der Waals surface area contributed by atoms with E-state index in [9.17, 15) is 9.59 Å². The molecule has 0 aliphatic carbocycles. The lowest BCUT2D eigenvalue weighted by atomic mass is 9.85. The monoisotopic (exact) mass is 287 g/mol. The van der Waals surface area contributed by atoms with Crippen molar-refractivity contribution in [1.82, 2.24) is 10.2 Å². The van der Waals surface area contributed by atoms with Gasteiger partial charge < -0.3 is 20.7 Å². The fourth-order valence-electron chi connectivity index (χ4n) is 1.45. The molecule has 0 rings (SSSR count). The van der Waals surface area contributed by atoms with Crippen molar-refractivity contribution in [3.05, 3.63) is 0 Å². The summed E-state index contributed by atoms with van der Waals surface area (Å²) in [4.78, 5) is 25.0. The molecule has 0 aromatic rings. The maximum absolute atomic E-state index is 12.0. The number of carbonyl (C=O) groups is 2. The molecule has 20 heavy (non-hydrogen) atoms. The van der Waals surface area contributed by atoms with Gasteiger partial charge in [-0.1, -0.05) is 20.8 Å². The minimum absolute atomic E-state index is 0.0582. The Hall–Kier alpha value is -1.14. The summed E-state index contributed by atoms with van der Waals surface area (Å²) in [5.74, 6) is -0.277. The highest BCUT2D eigenvalue weighted by atomic mass is 16.5. The van der Waals surface area contributed by atoms with Crippen LogP contribution in [0, 0.1) is 5.41 Å². The van der Waals surface area contributed by atoms with Gasteiger partial charge in [-0.15, -0.1) is 0 Å². The summed E-state index contributed by atoms with van der Waals surface area (Å²) in [7, 11) is 3.24. The molecule has 0 aromatic carbocycles. The number of hydrogen-bond acceptors (Lipinski definition) is 4. The lowest BCUT2D eigenvalue weighted by Gasteiger charge is -2.28. The van der Waals surface area contributed by atoms with Crippen LogP contribution < -0.4 is 11.1 Å². The van der Waals surface area contributed by atoms with Crippen LogP contribution in [0.2, 0.25) is 0 Å². The SMILES string of the molecule is COCCCNC(=O)CN(C)C(=O)CC(N)C(C)(C)C. The van der Waals surface area contributed by atoms with Gasteiger partial charge in [-0.05, 0) is 11.8 Å². The number of nitrogens with one attached hydrogen (secondary N) is 1. The molecule has 0 saturated heterocycles. The molecule has 0 radical (unpaired) electrons. The Morgan fingerprint density at radius 3 is 2.45 bits per heavy atom. The molecule has 118 valence electrons. The van der Waals surface area contributed by atoms with Crippen molar-refractivity contribution < 1.29 is 14.3 Å². The molecule has 0 aromatic heterocycles. The Kier molecular flexibility index (Phi) is 8.41. The molecule has 1 atom stereocenters. The summed E-state index contributed by atoms with van der Waals surface area (Å²) < 4.78 is 4.89. The summed E-state index contributed by atoms with van der Waals surface area (Å²) >= 11 is 0. The van der Waals surface area contributed by atoms with E-state index in [-0.39, 0.29) is 36.2 Å². The third-order valence-electron chi connectivity index (χ3n) is 3.16. The second kappa shape index (κ2) is 8.92. The van der Waals surface area contributed by atoms with Crippen LogP contribution in [-0.2, 0) is 14.3 Å². The molecule has 2 amide bonds. The van der Waals surface area contributed by atoms with E-state index in [4.69, 9.17) is 10.5 Å². The zero-order valence-corrected chi connectivity index (χ0v) is 13.4. The molecule has 0 fully saturated rings. The van der Waals surface area contributed by atoms with Crippen molar-refractivity contribution >= 4 is 11.8 Å². The Morgan fingerprint density at radius 1 is 1.35 bits per heavy atom. The van der Waals surface area contributed by atoms with Gasteiger partial charge in [0.25, 0.3) is 0 Å². The fourth-order valence-corrected chi connectivity index (χ4v) is 1.45. The van der Waals surface area contributed by atoms with Gasteiger partial charge in [-0.25, -0.2) is 0 Å². The van der Waals surface area contributed by atoms with E-state index < -0.39 is 0 Å². The maximum atomic E-state index is 12.0. The van der Waals surface area contributed by atoms with Crippen molar-refractivity contribution in [2.45, 2.75) is 39.7 Å². The molecule has 1 unspecified atom stereocenters. The number of carbonyl (C=O) groups excluding carboxylic acids is 2. The number of amides is 2. The van der Waals surface area contributed by atoms with Gasteiger partial charge in [-0.3, -0.25) is 9.59 Å².